The number of aliphatic hydroxyl groups excluding tert-OH is 1. The highest BCUT2D eigenvalue weighted by molar-refractivity contribution is 5.52. The molecule has 1 saturated carbocycles. The van der Waals surface area contributed by atoms with E-state index < -0.39 is 0 Å². The number of rotatable bonds is 5. The van der Waals surface area contributed by atoms with E-state index in [4.69, 9.17) is 9.47 Å². The second kappa shape index (κ2) is 5.50. The number of phenols is 1. The molecule has 0 saturated heterocycles. The van der Waals surface area contributed by atoms with Crippen LogP contribution in [0.25, 0.3) is 0 Å². The Morgan fingerprint density at radius 2 is 1.80 bits per heavy atom. The Morgan fingerprint density at radius 3 is 2.20 bits per heavy atom. The van der Waals surface area contributed by atoms with Crippen LogP contribution in [0.5, 0.6) is 17.2 Å². The van der Waals surface area contributed by atoms with Gasteiger partial charge in [-0.1, -0.05) is 13.8 Å². The van der Waals surface area contributed by atoms with Crippen molar-refractivity contribution >= 4 is 0 Å². The quantitative estimate of drug-likeness (QED) is 0.765. The number of hydrogen-bond acceptors (Lipinski definition) is 5. The number of benzene rings is 1. The minimum absolute atomic E-state index is 0.0122. The average Bonchev–Trinajstić information content (AvgIpc) is 2.44. The lowest BCUT2D eigenvalue weighted by Crippen LogP contribution is -2.59. The van der Waals surface area contributed by atoms with Gasteiger partial charge in [0, 0.05) is 18.0 Å². The van der Waals surface area contributed by atoms with Gasteiger partial charge in [0.1, 0.15) is 0 Å². The molecule has 2 rings (SSSR count). The first kappa shape index (κ1) is 14.9. The first-order valence-corrected chi connectivity index (χ1v) is 6.75. The van der Waals surface area contributed by atoms with E-state index in [2.05, 4.69) is 19.2 Å². The zero-order valence-corrected chi connectivity index (χ0v) is 12.4. The molecule has 1 aliphatic carbocycles. The van der Waals surface area contributed by atoms with Gasteiger partial charge >= 0.3 is 0 Å². The average molecular weight is 281 g/mol. The Balaban J connectivity index is 2.07. The largest absolute Gasteiger partial charge is 0.502 e. The molecule has 20 heavy (non-hydrogen) atoms. The van der Waals surface area contributed by atoms with Crippen molar-refractivity contribution in [2.24, 2.45) is 5.41 Å². The Hall–Kier alpha value is -1.46. The molecule has 0 aromatic heterocycles. The van der Waals surface area contributed by atoms with Crippen LogP contribution in [0.4, 0.5) is 0 Å². The van der Waals surface area contributed by atoms with Crippen LogP contribution in [0.15, 0.2) is 12.1 Å². The van der Waals surface area contributed by atoms with Gasteiger partial charge in [-0.25, -0.2) is 0 Å². The van der Waals surface area contributed by atoms with E-state index in [1.807, 2.05) is 0 Å². The number of nitrogens with one attached hydrogen (secondary N) is 1. The molecule has 0 heterocycles. The summed E-state index contributed by atoms with van der Waals surface area (Å²) in [4.78, 5) is 0. The topological polar surface area (TPSA) is 71.0 Å². The molecule has 1 aliphatic rings. The third-order valence-electron chi connectivity index (χ3n) is 4.31. The number of phenolic OH excluding ortho intramolecular Hbond substituents is 1. The maximum absolute atomic E-state index is 9.86. The van der Waals surface area contributed by atoms with Gasteiger partial charge in [0.25, 0.3) is 0 Å². The van der Waals surface area contributed by atoms with Gasteiger partial charge in [-0.3, -0.25) is 0 Å². The fourth-order valence-corrected chi connectivity index (χ4v) is 2.54. The Morgan fingerprint density at radius 1 is 1.25 bits per heavy atom. The highest BCUT2D eigenvalue weighted by Gasteiger charge is 2.46. The van der Waals surface area contributed by atoms with E-state index in [9.17, 15) is 10.2 Å². The highest BCUT2D eigenvalue weighted by atomic mass is 16.5. The minimum atomic E-state index is -0.246. The molecule has 0 amide bonds. The van der Waals surface area contributed by atoms with E-state index in [-0.39, 0.29) is 23.3 Å². The fraction of sp³-hybridized carbons (Fsp3) is 0.600. The predicted molar refractivity (Wildman–Crippen MR) is 76.2 cm³/mol. The molecular formula is C15H23NO4. The maximum atomic E-state index is 9.86. The van der Waals surface area contributed by atoms with Crippen LogP contribution in [0, 0.1) is 5.41 Å². The molecule has 1 fully saturated rings. The summed E-state index contributed by atoms with van der Waals surface area (Å²) in [5.74, 6) is 0.807. The molecule has 0 spiro atoms. The summed E-state index contributed by atoms with van der Waals surface area (Å²) >= 11 is 0. The van der Waals surface area contributed by atoms with E-state index >= 15 is 0 Å². The van der Waals surface area contributed by atoms with E-state index in [1.165, 1.54) is 14.2 Å². The highest BCUT2D eigenvalue weighted by Crippen LogP contribution is 2.41. The predicted octanol–water partition coefficient (Wildman–Crippen LogP) is 1.66. The smallest absolute Gasteiger partial charge is 0.200 e. The van der Waals surface area contributed by atoms with Crippen molar-refractivity contribution in [1.82, 2.24) is 5.32 Å². The van der Waals surface area contributed by atoms with Crippen molar-refractivity contribution < 1.29 is 19.7 Å². The summed E-state index contributed by atoms with van der Waals surface area (Å²) in [6.45, 7) is 4.74. The Bertz CT molecular complexity index is 462. The first-order valence-electron chi connectivity index (χ1n) is 6.75. The van der Waals surface area contributed by atoms with E-state index in [0.29, 0.717) is 18.0 Å². The van der Waals surface area contributed by atoms with Crippen molar-refractivity contribution in [1.29, 1.82) is 0 Å². The van der Waals surface area contributed by atoms with Crippen molar-refractivity contribution in [2.75, 3.05) is 14.2 Å². The van der Waals surface area contributed by atoms with Crippen molar-refractivity contribution in [3.05, 3.63) is 17.7 Å². The van der Waals surface area contributed by atoms with Crippen molar-refractivity contribution in [3.63, 3.8) is 0 Å². The second-order valence-corrected chi connectivity index (χ2v) is 5.86. The zero-order valence-electron chi connectivity index (χ0n) is 12.4. The minimum Gasteiger partial charge on any atom is -0.502 e. The van der Waals surface area contributed by atoms with Gasteiger partial charge in [0.05, 0.1) is 20.3 Å². The number of aliphatic hydroxyl groups is 1. The summed E-state index contributed by atoms with van der Waals surface area (Å²) in [6, 6.07) is 3.85. The van der Waals surface area contributed by atoms with Crippen LogP contribution in [-0.2, 0) is 6.54 Å². The summed E-state index contributed by atoms with van der Waals surface area (Å²) in [5.41, 5.74) is 0.860. The van der Waals surface area contributed by atoms with Gasteiger partial charge in [0.15, 0.2) is 11.5 Å². The van der Waals surface area contributed by atoms with Crippen LogP contribution in [-0.4, -0.2) is 36.6 Å². The van der Waals surface area contributed by atoms with Crippen molar-refractivity contribution in [3.8, 4) is 17.2 Å². The molecule has 2 unspecified atom stereocenters. The monoisotopic (exact) mass is 281 g/mol. The molecule has 112 valence electrons. The standard InChI is InChI=1S/C15H23NO4/c1-15(2)12(7-13(15)17)16-8-9-5-10(19-3)14(18)11(6-9)20-4/h5-6,12-13,16-18H,7-8H2,1-4H3. The SMILES string of the molecule is COc1cc(CNC2CC(O)C2(C)C)cc(OC)c1O. The third kappa shape index (κ3) is 2.55. The molecule has 0 bridgehead atoms. The number of aromatic hydroxyl groups is 1. The molecular weight excluding hydrogens is 258 g/mol. The molecule has 1 aromatic carbocycles. The van der Waals surface area contributed by atoms with Gasteiger partial charge in [-0.15, -0.1) is 0 Å². The van der Waals surface area contributed by atoms with Gasteiger partial charge in [0.2, 0.25) is 5.75 Å². The van der Waals surface area contributed by atoms with Crippen LogP contribution < -0.4 is 14.8 Å². The maximum Gasteiger partial charge on any atom is 0.200 e. The summed E-state index contributed by atoms with van der Waals surface area (Å²) in [7, 11) is 3.02. The van der Waals surface area contributed by atoms with E-state index in [1.54, 1.807) is 12.1 Å². The van der Waals surface area contributed by atoms with Crippen LogP contribution in [0.3, 0.4) is 0 Å². The van der Waals surface area contributed by atoms with Gasteiger partial charge < -0.3 is 25.0 Å². The summed E-state index contributed by atoms with van der Waals surface area (Å²) in [6.07, 6.45) is 0.517. The first-order chi connectivity index (χ1) is 9.40. The number of methoxy groups -OCH3 is 2. The van der Waals surface area contributed by atoms with Crippen molar-refractivity contribution in [2.45, 2.75) is 39.0 Å². The lowest BCUT2D eigenvalue weighted by Gasteiger charge is -2.49. The second-order valence-electron chi connectivity index (χ2n) is 5.86. The molecule has 2 atom stereocenters. The molecule has 1 aromatic rings. The lowest BCUT2D eigenvalue weighted by molar-refractivity contribution is -0.0729. The van der Waals surface area contributed by atoms with Crippen LogP contribution in [0.2, 0.25) is 0 Å². The Labute approximate surface area is 119 Å². The molecule has 0 aliphatic heterocycles. The normalized spacial score (nSPS) is 24.1. The number of ether oxygens (including phenoxy) is 2. The lowest BCUT2D eigenvalue weighted by atomic mass is 9.64. The molecule has 0 radical (unpaired) electrons. The van der Waals surface area contributed by atoms with E-state index in [0.717, 1.165) is 12.0 Å². The molecule has 5 nitrogen and oxygen atoms in total. The van der Waals surface area contributed by atoms with Gasteiger partial charge in [-0.05, 0) is 24.1 Å². The number of hydrogen-bond donors (Lipinski definition) is 3. The summed E-state index contributed by atoms with van der Waals surface area (Å²) in [5, 5.41) is 23.0. The van der Waals surface area contributed by atoms with Crippen LogP contribution >= 0.6 is 0 Å². The third-order valence-corrected chi connectivity index (χ3v) is 4.31. The molecule has 5 heteroatoms. The fourth-order valence-electron chi connectivity index (χ4n) is 2.54. The van der Waals surface area contributed by atoms with Crippen LogP contribution in [0.1, 0.15) is 25.8 Å². The Kier molecular flexibility index (Phi) is 4.11. The van der Waals surface area contributed by atoms with Gasteiger partial charge in [-0.2, -0.15) is 0 Å². The zero-order chi connectivity index (χ0) is 14.9. The summed E-state index contributed by atoms with van der Waals surface area (Å²) < 4.78 is 10.3. The molecule has 3 N–H and O–H groups in total.